The average molecular weight is 212 g/mol. The van der Waals surface area contributed by atoms with E-state index in [1.807, 2.05) is 18.2 Å². The molecule has 0 aliphatic heterocycles. The third-order valence-electron chi connectivity index (χ3n) is 1.53. The van der Waals surface area contributed by atoms with Crippen LogP contribution in [0.1, 0.15) is 0 Å². The fraction of sp³-hybridized carbons (Fsp3) is 0.222. The van der Waals surface area contributed by atoms with Gasteiger partial charge < -0.3 is 0 Å². The zero-order valence-corrected chi connectivity index (χ0v) is 8.48. The summed E-state index contributed by atoms with van der Waals surface area (Å²) < 4.78 is 0. The van der Waals surface area contributed by atoms with Crippen molar-refractivity contribution in [3.05, 3.63) is 30.3 Å². The van der Waals surface area contributed by atoms with Crippen LogP contribution in [0.2, 0.25) is 0 Å². The van der Waals surface area contributed by atoms with E-state index in [2.05, 4.69) is 10.3 Å². The normalized spacial score (nSPS) is 10.4. The van der Waals surface area contributed by atoms with Gasteiger partial charge in [0.25, 0.3) is 5.91 Å². The maximum atomic E-state index is 11.0. The minimum absolute atomic E-state index is 0.0929. The molecule has 0 unspecified atom stereocenters. The lowest BCUT2D eigenvalue weighted by atomic mass is 10.3. The van der Waals surface area contributed by atoms with Crippen LogP contribution in [-0.4, -0.2) is 23.8 Å². The Balaban J connectivity index is 2.60. The number of hydrogen-bond donors (Lipinski definition) is 0. The number of nitrogens with zero attached hydrogens (tertiary/aromatic N) is 3. The van der Waals surface area contributed by atoms with Crippen molar-refractivity contribution in [2.45, 2.75) is 0 Å². The standard InChI is InChI=1S/C9H10ClN3O/c1-13(9(14)7-10)12-11-8-5-3-2-4-6-8/h2-6H,7H2,1H3. The first-order valence-electron chi connectivity index (χ1n) is 4.03. The monoisotopic (exact) mass is 211 g/mol. The summed E-state index contributed by atoms with van der Waals surface area (Å²) in [5.41, 5.74) is 0.696. The Bertz CT molecular complexity index is 326. The Hall–Kier alpha value is -1.42. The van der Waals surface area contributed by atoms with Gasteiger partial charge in [-0.3, -0.25) is 4.79 Å². The lowest BCUT2D eigenvalue weighted by molar-refractivity contribution is -0.127. The molecule has 1 aromatic rings. The highest BCUT2D eigenvalue weighted by atomic mass is 35.5. The van der Waals surface area contributed by atoms with Crippen molar-refractivity contribution >= 4 is 23.2 Å². The van der Waals surface area contributed by atoms with Crippen LogP contribution >= 0.6 is 11.6 Å². The number of rotatable bonds is 3. The van der Waals surface area contributed by atoms with Crippen LogP contribution in [0.25, 0.3) is 0 Å². The van der Waals surface area contributed by atoms with Gasteiger partial charge >= 0.3 is 0 Å². The highest BCUT2D eigenvalue weighted by Gasteiger charge is 2.03. The number of carbonyl (C=O) groups is 1. The highest BCUT2D eigenvalue weighted by Crippen LogP contribution is 2.10. The summed E-state index contributed by atoms with van der Waals surface area (Å²) in [5, 5.41) is 8.65. The van der Waals surface area contributed by atoms with E-state index < -0.39 is 0 Å². The molecule has 1 amide bonds. The largest absolute Gasteiger partial charge is 0.272 e. The van der Waals surface area contributed by atoms with Gasteiger partial charge in [0.15, 0.2) is 0 Å². The van der Waals surface area contributed by atoms with Crippen molar-refractivity contribution in [3.8, 4) is 0 Å². The molecule has 1 aromatic carbocycles. The molecule has 0 heterocycles. The minimum Gasteiger partial charge on any atom is -0.272 e. The molecule has 0 saturated carbocycles. The van der Waals surface area contributed by atoms with Crippen LogP contribution in [0.15, 0.2) is 40.7 Å². The summed E-state index contributed by atoms with van der Waals surface area (Å²) >= 11 is 5.34. The van der Waals surface area contributed by atoms with Gasteiger partial charge in [0.2, 0.25) is 0 Å². The molecule has 0 aromatic heterocycles. The van der Waals surface area contributed by atoms with E-state index in [9.17, 15) is 4.79 Å². The molecule has 14 heavy (non-hydrogen) atoms. The second kappa shape index (κ2) is 5.34. The van der Waals surface area contributed by atoms with Crippen molar-refractivity contribution in [3.63, 3.8) is 0 Å². The van der Waals surface area contributed by atoms with E-state index in [0.717, 1.165) is 5.01 Å². The highest BCUT2D eigenvalue weighted by molar-refractivity contribution is 6.27. The predicted octanol–water partition coefficient (Wildman–Crippen LogP) is 2.38. The molecule has 0 bridgehead atoms. The van der Waals surface area contributed by atoms with Gasteiger partial charge in [-0.1, -0.05) is 23.4 Å². The first-order chi connectivity index (χ1) is 6.74. The van der Waals surface area contributed by atoms with E-state index in [0.29, 0.717) is 5.69 Å². The van der Waals surface area contributed by atoms with Crippen molar-refractivity contribution in [1.82, 2.24) is 5.01 Å². The van der Waals surface area contributed by atoms with Gasteiger partial charge in [-0.2, -0.15) is 0 Å². The van der Waals surface area contributed by atoms with E-state index >= 15 is 0 Å². The minimum atomic E-state index is -0.286. The number of hydrogen-bond acceptors (Lipinski definition) is 3. The van der Waals surface area contributed by atoms with Crippen molar-refractivity contribution < 1.29 is 4.79 Å². The Kier molecular flexibility index (Phi) is 4.07. The quantitative estimate of drug-likeness (QED) is 0.430. The van der Waals surface area contributed by atoms with Gasteiger partial charge in [-0.05, 0) is 12.1 Å². The SMILES string of the molecule is CN(N=Nc1ccccc1)C(=O)CCl. The molecule has 1 rings (SSSR count). The Labute approximate surface area is 87.2 Å². The maximum Gasteiger partial charge on any atom is 0.258 e. The van der Waals surface area contributed by atoms with Crippen LogP contribution in [0.3, 0.4) is 0 Å². The van der Waals surface area contributed by atoms with Crippen LogP contribution in [0.5, 0.6) is 0 Å². The van der Waals surface area contributed by atoms with Crippen molar-refractivity contribution in [1.29, 1.82) is 0 Å². The third kappa shape index (κ3) is 3.14. The van der Waals surface area contributed by atoms with Crippen LogP contribution in [-0.2, 0) is 4.79 Å². The first kappa shape index (κ1) is 10.7. The molecule has 0 aliphatic carbocycles. The van der Waals surface area contributed by atoms with E-state index in [-0.39, 0.29) is 11.8 Å². The van der Waals surface area contributed by atoms with Gasteiger partial charge in [0.1, 0.15) is 5.88 Å². The van der Waals surface area contributed by atoms with E-state index in [1.165, 1.54) is 7.05 Å². The van der Waals surface area contributed by atoms with Crippen molar-refractivity contribution in [2.75, 3.05) is 12.9 Å². The lowest BCUT2D eigenvalue weighted by Gasteiger charge is -2.05. The summed E-state index contributed by atoms with van der Waals surface area (Å²) in [6.45, 7) is 0. The van der Waals surface area contributed by atoms with Gasteiger partial charge in [0, 0.05) is 7.05 Å². The third-order valence-corrected chi connectivity index (χ3v) is 1.75. The molecule has 0 fully saturated rings. The Morgan fingerprint density at radius 2 is 2.07 bits per heavy atom. The van der Waals surface area contributed by atoms with Gasteiger partial charge in [0.05, 0.1) is 5.69 Å². The summed E-state index contributed by atoms with van der Waals surface area (Å²) in [6, 6.07) is 9.16. The molecule has 0 saturated heterocycles. The summed E-state index contributed by atoms with van der Waals surface area (Å²) in [7, 11) is 1.51. The number of alkyl halides is 1. The number of amides is 1. The summed E-state index contributed by atoms with van der Waals surface area (Å²) in [4.78, 5) is 11.0. The number of carbonyl (C=O) groups excluding carboxylic acids is 1. The van der Waals surface area contributed by atoms with Gasteiger partial charge in [-0.15, -0.1) is 16.7 Å². The van der Waals surface area contributed by atoms with Crippen LogP contribution in [0.4, 0.5) is 5.69 Å². The zero-order chi connectivity index (χ0) is 10.4. The smallest absolute Gasteiger partial charge is 0.258 e. The molecule has 5 heteroatoms. The second-order valence-corrected chi connectivity index (χ2v) is 2.84. The lowest BCUT2D eigenvalue weighted by Crippen LogP contribution is -2.21. The average Bonchev–Trinajstić information content (AvgIpc) is 2.26. The van der Waals surface area contributed by atoms with Crippen LogP contribution < -0.4 is 0 Å². The molecule has 0 atom stereocenters. The maximum absolute atomic E-state index is 11.0. The fourth-order valence-electron chi connectivity index (χ4n) is 0.750. The molecule has 74 valence electrons. The molecule has 0 aliphatic rings. The summed E-state index contributed by atoms with van der Waals surface area (Å²) in [6.07, 6.45) is 0. The topological polar surface area (TPSA) is 45.0 Å². The van der Waals surface area contributed by atoms with Crippen molar-refractivity contribution in [2.24, 2.45) is 10.3 Å². The second-order valence-electron chi connectivity index (χ2n) is 2.58. The number of halogens is 1. The Morgan fingerprint density at radius 3 is 2.64 bits per heavy atom. The molecule has 0 spiro atoms. The molecule has 0 radical (unpaired) electrons. The van der Waals surface area contributed by atoms with E-state index in [4.69, 9.17) is 11.6 Å². The van der Waals surface area contributed by atoms with E-state index in [1.54, 1.807) is 12.1 Å². The van der Waals surface area contributed by atoms with Gasteiger partial charge in [-0.25, -0.2) is 5.01 Å². The summed E-state index contributed by atoms with van der Waals surface area (Å²) in [5.74, 6) is -0.379. The molecular formula is C9H10ClN3O. The molecule has 4 nitrogen and oxygen atoms in total. The predicted molar refractivity (Wildman–Crippen MR) is 54.4 cm³/mol. The zero-order valence-electron chi connectivity index (χ0n) is 7.72. The van der Waals surface area contributed by atoms with Crippen LogP contribution in [0, 0.1) is 0 Å². The first-order valence-corrected chi connectivity index (χ1v) is 4.56. The number of benzene rings is 1. The molecule has 0 N–H and O–H groups in total. The fourth-order valence-corrected chi connectivity index (χ4v) is 0.923. The Morgan fingerprint density at radius 1 is 1.43 bits per heavy atom. The molecular weight excluding hydrogens is 202 g/mol.